The SMILES string of the molecule is CC1CN(c2ncc(C#N)cc2N)CC1N(C)C. The Bertz CT molecular complexity index is 477. The molecule has 0 spiro atoms. The summed E-state index contributed by atoms with van der Waals surface area (Å²) in [5.41, 5.74) is 7.07. The third-order valence-corrected chi connectivity index (χ3v) is 3.56. The molecule has 18 heavy (non-hydrogen) atoms. The summed E-state index contributed by atoms with van der Waals surface area (Å²) in [6.45, 7) is 4.12. The number of nitrogen functional groups attached to an aromatic ring is 1. The number of pyridine rings is 1. The van der Waals surface area contributed by atoms with Gasteiger partial charge in [0, 0.05) is 25.3 Å². The molecule has 2 heterocycles. The molecule has 5 nitrogen and oxygen atoms in total. The quantitative estimate of drug-likeness (QED) is 0.839. The second-order valence-electron chi connectivity index (χ2n) is 5.16. The van der Waals surface area contributed by atoms with Gasteiger partial charge in [-0.2, -0.15) is 5.26 Å². The molecule has 1 fully saturated rings. The summed E-state index contributed by atoms with van der Waals surface area (Å²) in [5, 5.41) is 8.81. The van der Waals surface area contributed by atoms with Crippen molar-refractivity contribution in [3.63, 3.8) is 0 Å². The van der Waals surface area contributed by atoms with E-state index in [2.05, 4.69) is 41.9 Å². The Balaban J connectivity index is 2.22. The van der Waals surface area contributed by atoms with Crippen LogP contribution in [0, 0.1) is 17.2 Å². The van der Waals surface area contributed by atoms with Crippen molar-refractivity contribution in [3.8, 4) is 6.07 Å². The first kappa shape index (κ1) is 12.7. The minimum absolute atomic E-state index is 0.507. The lowest BCUT2D eigenvalue weighted by Crippen LogP contribution is -2.34. The molecule has 1 aliphatic rings. The molecule has 1 aromatic heterocycles. The highest BCUT2D eigenvalue weighted by Crippen LogP contribution is 2.28. The number of nitriles is 1. The van der Waals surface area contributed by atoms with Crippen LogP contribution in [0.25, 0.3) is 0 Å². The fraction of sp³-hybridized carbons (Fsp3) is 0.538. The van der Waals surface area contributed by atoms with Crippen molar-refractivity contribution in [2.75, 3.05) is 37.8 Å². The highest BCUT2D eigenvalue weighted by molar-refractivity contribution is 5.65. The molecule has 1 aromatic rings. The van der Waals surface area contributed by atoms with Crippen LogP contribution < -0.4 is 10.6 Å². The summed E-state index contributed by atoms with van der Waals surface area (Å²) in [6.07, 6.45) is 1.58. The number of nitrogens with zero attached hydrogens (tertiary/aromatic N) is 4. The van der Waals surface area contributed by atoms with Crippen molar-refractivity contribution >= 4 is 11.5 Å². The van der Waals surface area contributed by atoms with Crippen molar-refractivity contribution < 1.29 is 0 Å². The minimum atomic E-state index is 0.507. The molecule has 5 heteroatoms. The van der Waals surface area contributed by atoms with E-state index >= 15 is 0 Å². The molecule has 2 atom stereocenters. The third kappa shape index (κ3) is 2.24. The number of aromatic nitrogens is 1. The van der Waals surface area contributed by atoms with Crippen LogP contribution in [0.15, 0.2) is 12.3 Å². The van der Waals surface area contributed by atoms with Gasteiger partial charge in [-0.3, -0.25) is 0 Å². The standard InChI is InChI=1S/C13H19N5/c1-9-7-18(8-12(9)17(2)3)13-11(15)4-10(5-14)6-16-13/h4,6,9,12H,7-8,15H2,1-3H3. The second-order valence-corrected chi connectivity index (χ2v) is 5.16. The van der Waals surface area contributed by atoms with E-state index < -0.39 is 0 Å². The maximum absolute atomic E-state index is 8.81. The van der Waals surface area contributed by atoms with E-state index in [0.29, 0.717) is 23.2 Å². The number of rotatable bonds is 2. The van der Waals surface area contributed by atoms with Gasteiger partial charge >= 0.3 is 0 Å². The largest absolute Gasteiger partial charge is 0.396 e. The van der Waals surface area contributed by atoms with E-state index in [0.717, 1.165) is 18.9 Å². The molecular weight excluding hydrogens is 226 g/mol. The van der Waals surface area contributed by atoms with Crippen LogP contribution >= 0.6 is 0 Å². The third-order valence-electron chi connectivity index (χ3n) is 3.56. The average Bonchev–Trinajstić information content (AvgIpc) is 2.71. The lowest BCUT2D eigenvalue weighted by atomic mass is 10.1. The predicted octanol–water partition coefficient (Wildman–Crippen LogP) is 0.922. The first-order chi connectivity index (χ1) is 8.52. The Morgan fingerprint density at radius 3 is 2.72 bits per heavy atom. The number of anilines is 2. The Kier molecular flexibility index (Phi) is 3.39. The van der Waals surface area contributed by atoms with Crippen molar-refractivity contribution in [1.29, 1.82) is 5.26 Å². The molecule has 2 N–H and O–H groups in total. The molecule has 0 aliphatic carbocycles. The van der Waals surface area contributed by atoms with E-state index in [1.165, 1.54) is 0 Å². The van der Waals surface area contributed by atoms with E-state index in [-0.39, 0.29) is 0 Å². The zero-order chi connectivity index (χ0) is 13.3. The Labute approximate surface area is 108 Å². The molecule has 0 radical (unpaired) electrons. The predicted molar refractivity (Wildman–Crippen MR) is 72.2 cm³/mol. The van der Waals surface area contributed by atoms with Crippen LogP contribution in [-0.2, 0) is 0 Å². The van der Waals surface area contributed by atoms with Gasteiger partial charge in [0.2, 0.25) is 0 Å². The lowest BCUT2D eigenvalue weighted by molar-refractivity contribution is 0.266. The van der Waals surface area contributed by atoms with Gasteiger partial charge in [0.1, 0.15) is 6.07 Å². The molecule has 0 saturated carbocycles. The molecule has 2 unspecified atom stereocenters. The molecule has 0 amide bonds. The molecule has 1 saturated heterocycles. The maximum atomic E-state index is 8.81. The number of likely N-dealkylation sites (N-methyl/N-ethyl adjacent to an activating group) is 1. The van der Waals surface area contributed by atoms with E-state index in [1.807, 2.05) is 0 Å². The molecule has 0 bridgehead atoms. The van der Waals surface area contributed by atoms with Crippen LogP contribution in [0.1, 0.15) is 12.5 Å². The van der Waals surface area contributed by atoms with Crippen molar-refractivity contribution in [1.82, 2.24) is 9.88 Å². The van der Waals surface area contributed by atoms with Gasteiger partial charge in [-0.15, -0.1) is 0 Å². The fourth-order valence-corrected chi connectivity index (χ4v) is 2.59. The van der Waals surface area contributed by atoms with Crippen molar-refractivity contribution in [2.45, 2.75) is 13.0 Å². The van der Waals surface area contributed by atoms with Crippen LogP contribution in [-0.4, -0.2) is 43.1 Å². The highest BCUT2D eigenvalue weighted by atomic mass is 15.3. The topological polar surface area (TPSA) is 69.2 Å². The van der Waals surface area contributed by atoms with E-state index in [4.69, 9.17) is 11.0 Å². The second kappa shape index (κ2) is 4.83. The summed E-state index contributed by atoms with van der Waals surface area (Å²) in [6, 6.07) is 4.26. The van der Waals surface area contributed by atoms with Gasteiger partial charge in [0.15, 0.2) is 5.82 Å². The summed E-state index contributed by atoms with van der Waals surface area (Å²) >= 11 is 0. The lowest BCUT2D eigenvalue weighted by Gasteiger charge is -2.23. The monoisotopic (exact) mass is 245 g/mol. The van der Waals surface area contributed by atoms with Gasteiger partial charge in [0.05, 0.1) is 11.3 Å². The Hall–Kier alpha value is -1.80. The highest BCUT2D eigenvalue weighted by Gasteiger charge is 2.32. The Morgan fingerprint density at radius 1 is 1.50 bits per heavy atom. The zero-order valence-electron chi connectivity index (χ0n) is 11.1. The summed E-state index contributed by atoms with van der Waals surface area (Å²) < 4.78 is 0. The molecule has 96 valence electrons. The Morgan fingerprint density at radius 2 is 2.22 bits per heavy atom. The van der Waals surface area contributed by atoms with Gasteiger partial charge in [-0.05, 0) is 26.1 Å². The summed E-state index contributed by atoms with van der Waals surface area (Å²) in [7, 11) is 4.19. The smallest absolute Gasteiger partial charge is 0.151 e. The summed E-state index contributed by atoms with van der Waals surface area (Å²) in [5.74, 6) is 1.38. The van der Waals surface area contributed by atoms with Crippen LogP contribution in [0.5, 0.6) is 0 Å². The van der Waals surface area contributed by atoms with Crippen molar-refractivity contribution in [3.05, 3.63) is 17.8 Å². The minimum Gasteiger partial charge on any atom is -0.396 e. The van der Waals surface area contributed by atoms with Gasteiger partial charge < -0.3 is 15.5 Å². The molecule has 0 aromatic carbocycles. The molecule has 1 aliphatic heterocycles. The van der Waals surface area contributed by atoms with E-state index in [1.54, 1.807) is 12.3 Å². The van der Waals surface area contributed by atoms with Gasteiger partial charge in [-0.25, -0.2) is 4.98 Å². The summed E-state index contributed by atoms with van der Waals surface area (Å²) in [4.78, 5) is 8.76. The first-order valence-corrected chi connectivity index (χ1v) is 6.10. The number of hydrogen-bond donors (Lipinski definition) is 1. The van der Waals surface area contributed by atoms with Crippen molar-refractivity contribution in [2.24, 2.45) is 5.92 Å². The average molecular weight is 245 g/mol. The normalized spacial score (nSPS) is 23.4. The molecule has 2 rings (SSSR count). The fourth-order valence-electron chi connectivity index (χ4n) is 2.59. The van der Waals surface area contributed by atoms with Gasteiger partial charge in [0.25, 0.3) is 0 Å². The van der Waals surface area contributed by atoms with Crippen LogP contribution in [0.2, 0.25) is 0 Å². The first-order valence-electron chi connectivity index (χ1n) is 6.10. The van der Waals surface area contributed by atoms with Crippen LogP contribution in [0.3, 0.4) is 0 Å². The maximum Gasteiger partial charge on any atom is 0.151 e. The molecular formula is C13H19N5. The van der Waals surface area contributed by atoms with Gasteiger partial charge in [-0.1, -0.05) is 6.92 Å². The van der Waals surface area contributed by atoms with E-state index in [9.17, 15) is 0 Å². The zero-order valence-corrected chi connectivity index (χ0v) is 11.1. The van der Waals surface area contributed by atoms with Crippen LogP contribution in [0.4, 0.5) is 11.5 Å². The number of hydrogen-bond acceptors (Lipinski definition) is 5. The number of nitrogens with two attached hydrogens (primary N) is 1.